The second-order valence-electron chi connectivity index (χ2n) is 3.86. The fraction of sp³-hybridized carbons (Fsp3) is 0.308. The minimum atomic E-state index is -0.539. The van der Waals surface area contributed by atoms with Crippen LogP contribution in [0.3, 0.4) is 0 Å². The molecule has 2 rings (SSSR count). The van der Waals surface area contributed by atoms with Gasteiger partial charge in [-0.05, 0) is 6.26 Å². The van der Waals surface area contributed by atoms with Crippen molar-refractivity contribution in [2.45, 2.75) is 0 Å². The van der Waals surface area contributed by atoms with Crippen LogP contribution < -0.4 is 14.8 Å². The maximum absolute atomic E-state index is 11.9. The van der Waals surface area contributed by atoms with E-state index in [0.29, 0.717) is 35.6 Å². The van der Waals surface area contributed by atoms with Crippen molar-refractivity contribution in [3.05, 3.63) is 17.7 Å². The summed E-state index contributed by atoms with van der Waals surface area (Å²) >= 11 is 1.25. The van der Waals surface area contributed by atoms with E-state index in [1.165, 1.54) is 24.9 Å². The standard InChI is InChI=1S/C13H13N3O4S/c1-18-12(17)8-5-10-11(20-4-3-19-10)6-9(8)16-13(21-2)15-7-14/h5-6H,3-4H2,1-2H3,(H,15,16). The third-order valence-electron chi connectivity index (χ3n) is 2.64. The molecule has 0 unspecified atom stereocenters. The molecule has 1 aromatic carbocycles. The smallest absolute Gasteiger partial charge is 0.340 e. The summed E-state index contributed by atoms with van der Waals surface area (Å²) in [6, 6.07) is 3.12. The number of benzene rings is 1. The van der Waals surface area contributed by atoms with Crippen LogP contribution >= 0.6 is 11.8 Å². The summed E-state index contributed by atoms with van der Waals surface area (Å²) in [5.74, 6) is 0.438. The number of aliphatic imine (C=N–C) groups is 1. The summed E-state index contributed by atoms with van der Waals surface area (Å²) in [6.45, 7) is 0.849. The number of fused-ring (bicyclic) bond motifs is 1. The van der Waals surface area contributed by atoms with Gasteiger partial charge in [0, 0.05) is 12.1 Å². The first kappa shape index (κ1) is 15.0. The zero-order valence-electron chi connectivity index (χ0n) is 11.5. The Kier molecular flexibility index (Phi) is 4.90. The lowest BCUT2D eigenvalue weighted by atomic mass is 10.1. The largest absolute Gasteiger partial charge is 0.486 e. The number of hydrogen-bond acceptors (Lipinski definition) is 7. The first-order valence-electron chi connectivity index (χ1n) is 5.99. The van der Waals surface area contributed by atoms with Crippen molar-refractivity contribution in [2.24, 2.45) is 4.99 Å². The summed E-state index contributed by atoms with van der Waals surface area (Å²) in [7, 11) is 1.29. The first-order chi connectivity index (χ1) is 10.2. The summed E-state index contributed by atoms with van der Waals surface area (Å²) < 4.78 is 15.7. The number of nitrogens with zero attached hydrogens (tertiary/aromatic N) is 2. The van der Waals surface area contributed by atoms with Crippen LogP contribution in [0.25, 0.3) is 0 Å². The molecule has 0 bridgehead atoms. The van der Waals surface area contributed by atoms with Gasteiger partial charge in [0.2, 0.25) is 0 Å². The van der Waals surface area contributed by atoms with Crippen LogP contribution in [-0.2, 0) is 4.74 Å². The number of nitriles is 1. The van der Waals surface area contributed by atoms with E-state index in [4.69, 9.17) is 19.5 Å². The number of hydrogen-bond donors (Lipinski definition) is 1. The summed E-state index contributed by atoms with van der Waals surface area (Å²) in [5.41, 5.74) is 0.589. The fourth-order valence-corrected chi connectivity index (χ4v) is 2.06. The number of methoxy groups -OCH3 is 1. The van der Waals surface area contributed by atoms with Gasteiger partial charge in [-0.25, -0.2) is 9.79 Å². The van der Waals surface area contributed by atoms with Gasteiger partial charge in [0.25, 0.3) is 0 Å². The highest BCUT2D eigenvalue weighted by Crippen LogP contribution is 2.37. The Morgan fingerprint density at radius 3 is 2.67 bits per heavy atom. The maximum Gasteiger partial charge on any atom is 0.340 e. The molecule has 1 aliphatic rings. The lowest BCUT2D eigenvalue weighted by Gasteiger charge is -2.19. The quantitative estimate of drug-likeness (QED) is 0.292. The van der Waals surface area contributed by atoms with Gasteiger partial charge in [-0.1, -0.05) is 11.8 Å². The lowest BCUT2D eigenvalue weighted by molar-refractivity contribution is 0.0600. The molecule has 1 N–H and O–H groups in total. The Hall–Kier alpha value is -2.40. The third-order valence-corrected chi connectivity index (χ3v) is 3.22. The van der Waals surface area contributed by atoms with E-state index in [1.807, 2.05) is 0 Å². The van der Waals surface area contributed by atoms with Crippen molar-refractivity contribution in [2.75, 3.05) is 26.6 Å². The van der Waals surface area contributed by atoms with Crippen molar-refractivity contribution in [1.82, 2.24) is 5.32 Å². The number of thioether (sulfide) groups is 1. The number of esters is 1. The first-order valence-corrected chi connectivity index (χ1v) is 7.21. The normalized spacial score (nSPS) is 13.3. The maximum atomic E-state index is 11.9. The molecule has 110 valence electrons. The van der Waals surface area contributed by atoms with E-state index in [9.17, 15) is 4.79 Å². The number of carbonyl (C=O) groups is 1. The van der Waals surface area contributed by atoms with Gasteiger partial charge in [0.1, 0.15) is 13.2 Å². The molecule has 7 nitrogen and oxygen atoms in total. The van der Waals surface area contributed by atoms with E-state index in [-0.39, 0.29) is 5.56 Å². The van der Waals surface area contributed by atoms with Crippen LogP contribution in [0, 0.1) is 11.5 Å². The van der Waals surface area contributed by atoms with Gasteiger partial charge in [0.05, 0.1) is 18.4 Å². The third kappa shape index (κ3) is 3.38. The monoisotopic (exact) mass is 307 g/mol. The van der Waals surface area contributed by atoms with Crippen molar-refractivity contribution < 1.29 is 19.0 Å². The van der Waals surface area contributed by atoms with Crippen LogP contribution in [0.2, 0.25) is 0 Å². The molecule has 0 saturated heterocycles. The molecular weight excluding hydrogens is 294 g/mol. The van der Waals surface area contributed by atoms with Gasteiger partial charge in [-0.15, -0.1) is 0 Å². The molecule has 8 heteroatoms. The fourth-order valence-electron chi connectivity index (χ4n) is 1.73. The summed E-state index contributed by atoms with van der Waals surface area (Å²) in [4.78, 5) is 16.1. The molecular formula is C13H13N3O4S. The average molecular weight is 307 g/mol. The van der Waals surface area contributed by atoms with E-state index in [1.54, 1.807) is 18.5 Å². The van der Waals surface area contributed by atoms with Crippen LogP contribution in [0.1, 0.15) is 10.4 Å². The van der Waals surface area contributed by atoms with Crippen molar-refractivity contribution in [3.8, 4) is 17.7 Å². The second-order valence-corrected chi connectivity index (χ2v) is 4.66. The molecule has 0 aliphatic carbocycles. The average Bonchev–Trinajstić information content (AvgIpc) is 2.53. The Morgan fingerprint density at radius 2 is 2.10 bits per heavy atom. The van der Waals surface area contributed by atoms with Crippen molar-refractivity contribution in [3.63, 3.8) is 0 Å². The molecule has 1 aliphatic heterocycles. The van der Waals surface area contributed by atoms with Gasteiger partial charge in [-0.2, -0.15) is 5.26 Å². The Labute approximate surface area is 125 Å². The highest BCUT2D eigenvalue weighted by Gasteiger charge is 2.20. The number of amidine groups is 1. The zero-order valence-corrected chi connectivity index (χ0v) is 12.3. The van der Waals surface area contributed by atoms with Gasteiger partial charge >= 0.3 is 5.97 Å². The molecule has 0 radical (unpaired) electrons. The van der Waals surface area contributed by atoms with Gasteiger partial charge in [-0.3, -0.25) is 5.32 Å². The number of rotatable bonds is 2. The van der Waals surface area contributed by atoms with E-state index in [0.717, 1.165) is 0 Å². The number of ether oxygens (including phenoxy) is 3. The number of nitrogens with one attached hydrogen (secondary N) is 1. The predicted molar refractivity (Wildman–Crippen MR) is 78.1 cm³/mol. The van der Waals surface area contributed by atoms with Crippen molar-refractivity contribution >= 4 is 28.6 Å². The second kappa shape index (κ2) is 6.85. The Bertz CT molecular complexity index is 625. The van der Waals surface area contributed by atoms with Crippen LogP contribution in [0.5, 0.6) is 11.5 Å². The van der Waals surface area contributed by atoms with Crippen molar-refractivity contribution in [1.29, 1.82) is 5.26 Å². The minimum Gasteiger partial charge on any atom is -0.486 e. The predicted octanol–water partition coefficient (Wildman–Crippen LogP) is 1.67. The molecule has 0 amide bonds. The molecule has 0 saturated carbocycles. The highest BCUT2D eigenvalue weighted by atomic mass is 32.2. The zero-order chi connectivity index (χ0) is 15.2. The van der Waals surface area contributed by atoms with Gasteiger partial charge in [0.15, 0.2) is 22.9 Å². The van der Waals surface area contributed by atoms with Crippen LogP contribution in [0.15, 0.2) is 17.1 Å². The lowest BCUT2D eigenvalue weighted by Crippen LogP contribution is -2.17. The molecule has 21 heavy (non-hydrogen) atoms. The summed E-state index contributed by atoms with van der Waals surface area (Å²) in [6.07, 6.45) is 3.55. The van der Waals surface area contributed by atoms with E-state index >= 15 is 0 Å². The molecule has 0 aromatic heterocycles. The number of carbonyl (C=O) groups excluding carboxylic acids is 1. The van der Waals surface area contributed by atoms with Crippen LogP contribution in [-0.4, -0.2) is 37.7 Å². The molecule has 1 aromatic rings. The molecule has 0 atom stereocenters. The molecule has 0 fully saturated rings. The SMILES string of the molecule is COC(=O)c1cc2c(cc1N=C(NC#N)SC)OCCO2. The molecule has 1 heterocycles. The summed E-state index contributed by atoms with van der Waals surface area (Å²) in [5, 5.41) is 11.5. The molecule has 0 spiro atoms. The minimum absolute atomic E-state index is 0.244. The van der Waals surface area contributed by atoms with Crippen LogP contribution in [0.4, 0.5) is 5.69 Å². The Morgan fingerprint density at radius 1 is 1.43 bits per heavy atom. The Balaban J connectivity index is 2.51. The van der Waals surface area contributed by atoms with Gasteiger partial charge < -0.3 is 14.2 Å². The van der Waals surface area contributed by atoms with E-state index in [2.05, 4.69) is 10.3 Å². The highest BCUT2D eigenvalue weighted by molar-refractivity contribution is 8.13. The van der Waals surface area contributed by atoms with E-state index < -0.39 is 5.97 Å². The topological polar surface area (TPSA) is 92.9 Å².